The average Bonchev–Trinajstić information content (AvgIpc) is 2.31. The van der Waals surface area contributed by atoms with Gasteiger partial charge in [0.25, 0.3) is 5.91 Å². The van der Waals surface area contributed by atoms with Crippen LogP contribution >= 0.6 is 0 Å². The summed E-state index contributed by atoms with van der Waals surface area (Å²) < 4.78 is 0. The number of benzene rings is 1. The van der Waals surface area contributed by atoms with Crippen molar-refractivity contribution in [3.05, 3.63) is 23.8 Å². The first-order valence-electron chi connectivity index (χ1n) is 6.33. The molecule has 1 unspecified atom stereocenters. The zero-order valence-corrected chi connectivity index (χ0v) is 11.7. The number of carbonyl (C=O) groups excluding carboxylic acids is 1. The fourth-order valence-electron chi connectivity index (χ4n) is 1.86. The van der Waals surface area contributed by atoms with Crippen LogP contribution in [0.5, 0.6) is 0 Å². The van der Waals surface area contributed by atoms with Crippen LogP contribution in [0, 0.1) is 0 Å². The first kappa shape index (κ1) is 14.4. The van der Waals surface area contributed by atoms with Crippen LogP contribution in [0.15, 0.2) is 18.2 Å². The molecule has 0 aliphatic heterocycles. The lowest BCUT2D eigenvalue weighted by Gasteiger charge is -2.17. The van der Waals surface area contributed by atoms with Crippen molar-refractivity contribution in [3.8, 4) is 0 Å². The van der Waals surface area contributed by atoms with Gasteiger partial charge in [0.2, 0.25) is 0 Å². The standard InChI is InChI=1S/C14H23N3O/c1-5-6-10(2)16-13-8-7-11(9-12(13)15)14(18)17(3)4/h7-10,16H,5-6,15H2,1-4H3. The number of carbonyl (C=O) groups is 1. The molecule has 18 heavy (non-hydrogen) atoms. The molecule has 0 fully saturated rings. The number of hydrogen-bond donors (Lipinski definition) is 2. The van der Waals surface area contributed by atoms with Crippen molar-refractivity contribution in [2.75, 3.05) is 25.1 Å². The molecule has 0 bridgehead atoms. The molecule has 4 nitrogen and oxygen atoms in total. The summed E-state index contributed by atoms with van der Waals surface area (Å²) in [5.41, 5.74) is 8.10. The van der Waals surface area contributed by atoms with Crippen LogP contribution < -0.4 is 11.1 Å². The molecule has 100 valence electrons. The smallest absolute Gasteiger partial charge is 0.253 e. The molecule has 0 aliphatic rings. The third kappa shape index (κ3) is 3.65. The summed E-state index contributed by atoms with van der Waals surface area (Å²) in [5.74, 6) is -0.0325. The predicted octanol–water partition coefficient (Wildman–Crippen LogP) is 2.57. The van der Waals surface area contributed by atoms with Crippen molar-refractivity contribution >= 4 is 17.3 Å². The van der Waals surface area contributed by atoms with Crippen molar-refractivity contribution < 1.29 is 4.79 Å². The Morgan fingerprint density at radius 1 is 1.44 bits per heavy atom. The molecule has 0 radical (unpaired) electrons. The summed E-state index contributed by atoms with van der Waals surface area (Å²) in [7, 11) is 3.46. The van der Waals surface area contributed by atoms with Crippen molar-refractivity contribution in [3.63, 3.8) is 0 Å². The summed E-state index contributed by atoms with van der Waals surface area (Å²) in [6, 6.07) is 5.79. The monoisotopic (exact) mass is 249 g/mol. The van der Waals surface area contributed by atoms with Crippen LogP contribution in [-0.2, 0) is 0 Å². The lowest BCUT2D eigenvalue weighted by Crippen LogP contribution is -2.22. The molecular weight excluding hydrogens is 226 g/mol. The van der Waals surface area contributed by atoms with Crippen LogP contribution in [0.4, 0.5) is 11.4 Å². The second-order valence-electron chi connectivity index (χ2n) is 4.84. The van der Waals surface area contributed by atoms with Crippen molar-refractivity contribution in [2.24, 2.45) is 0 Å². The number of nitrogen functional groups attached to an aromatic ring is 1. The third-order valence-electron chi connectivity index (χ3n) is 2.83. The molecule has 0 aliphatic carbocycles. The van der Waals surface area contributed by atoms with Gasteiger partial charge in [-0.15, -0.1) is 0 Å². The van der Waals surface area contributed by atoms with Gasteiger partial charge in [-0.3, -0.25) is 4.79 Å². The Morgan fingerprint density at radius 2 is 2.11 bits per heavy atom. The Bertz CT molecular complexity index is 416. The normalized spacial score (nSPS) is 12.0. The van der Waals surface area contributed by atoms with Gasteiger partial charge in [-0.05, 0) is 31.5 Å². The summed E-state index contributed by atoms with van der Waals surface area (Å²) in [6.07, 6.45) is 2.23. The van der Waals surface area contributed by atoms with E-state index in [1.807, 2.05) is 6.07 Å². The Morgan fingerprint density at radius 3 is 2.61 bits per heavy atom. The highest BCUT2D eigenvalue weighted by Crippen LogP contribution is 2.22. The minimum atomic E-state index is -0.0325. The minimum Gasteiger partial charge on any atom is -0.397 e. The highest BCUT2D eigenvalue weighted by atomic mass is 16.2. The average molecular weight is 249 g/mol. The molecule has 0 heterocycles. The van der Waals surface area contributed by atoms with Gasteiger partial charge in [-0.25, -0.2) is 0 Å². The quantitative estimate of drug-likeness (QED) is 0.788. The summed E-state index contributed by atoms with van der Waals surface area (Å²) in [6.45, 7) is 4.28. The van der Waals surface area contributed by atoms with E-state index in [0.717, 1.165) is 18.5 Å². The summed E-state index contributed by atoms with van der Waals surface area (Å²) >= 11 is 0. The van der Waals surface area contributed by atoms with Crippen LogP contribution in [-0.4, -0.2) is 30.9 Å². The first-order chi connectivity index (χ1) is 8.45. The molecule has 3 N–H and O–H groups in total. The predicted molar refractivity (Wildman–Crippen MR) is 76.9 cm³/mol. The molecular formula is C14H23N3O. The Balaban J connectivity index is 2.83. The maximum atomic E-state index is 11.8. The van der Waals surface area contributed by atoms with Crippen molar-refractivity contribution in [2.45, 2.75) is 32.7 Å². The van der Waals surface area contributed by atoms with Crippen LogP contribution in [0.2, 0.25) is 0 Å². The minimum absolute atomic E-state index is 0.0325. The van der Waals surface area contributed by atoms with E-state index >= 15 is 0 Å². The Kier molecular flexibility index (Phi) is 5.01. The number of nitrogens with zero attached hydrogens (tertiary/aromatic N) is 1. The van der Waals surface area contributed by atoms with Crippen LogP contribution in [0.1, 0.15) is 37.0 Å². The molecule has 0 spiro atoms. The SMILES string of the molecule is CCCC(C)Nc1ccc(C(=O)N(C)C)cc1N. The van der Waals surface area contributed by atoms with Crippen LogP contribution in [0.25, 0.3) is 0 Å². The number of amides is 1. The van der Waals surface area contributed by atoms with E-state index in [9.17, 15) is 4.79 Å². The number of rotatable bonds is 5. The second kappa shape index (κ2) is 6.28. The van der Waals surface area contributed by atoms with Crippen molar-refractivity contribution in [1.29, 1.82) is 0 Å². The van der Waals surface area contributed by atoms with Gasteiger partial charge in [0.15, 0.2) is 0 Å². The zero-order valence-electron chi connectivity index (χ0n) is 11.7. The third-order valence-corrected chi connectivity index (χ3v) is 2.83. The van der Waals surface area contributed by atoms with Crippen LogP contribution in [0.3, 0.4) is 0 Å². The van der Waals surface area contributed by atoms with E-state index in [1.165, 1.54) is 0 Å². The number of nitrogens with two attached hydrogens (primary N) is 1. The van der Waals surface area contributed by atoms with E-state index in [-0.39, 0.29) is 5.91 Å². The molecule has 1 aromatic carbocycles. The molecule has 4 heteroatoms. The van der Waals surface area contributed by atoms with Crippen molar-refractivity contribution in [1.82, 2.24) is 4.90 Å². The fourth-order valence-corrected chi connectivity index (χ4v) is 1.86. The lowest BCUT2D eigenvalue weighted by atomic mass is 10.1. The van der Waals surface area contributed by atoms with E-state index < -0.39 is 0 Å². The van der Waals surface area contributed by atoms with Gasteiger partial charge in [0, 0.05) is 25.7 Å². The summed E-state index contributed by atoms with van der Waals surface area (Å²) in [4.78, 5) is 13.3. The van der Waals surface area contributed by atoms with E-state index in [4.69, 9.17) is 5.73 Å². The Hall–Kier alpha value is -1.71. The van der Waals surface area contributed by atoms with E-state index in [0.29, 0.717) is 17.3 Å². The van der Waals surface area contributed by atoms with Gasteiger partial charge in [-0.2, -0.15) is 0 Å². The van der Waals surface area contributed by atoms with Gasteiger partial charge in [0.05, 0.1) is 11.4 Å². The largest absolute Gasteiger partial charge is 0.397 e. The topological polar surface area (TPSA) is 58.4 Å². The second-order valence-corrected chi connectivity index (χ2v) is 4.84. The number of anilines is 2. The van der Waals surface area contributed by atoms with Gasteiger partial charge >= 0.3 is 0 Å². The Labute approximate surface area is 109 Å². The molecule has 0 saturated carbocycles. The molecule has 1 amide bonds. The highest BCUT2D eigenvalue weighted by Gasteiger charge is 2.10. The molecule has 1 rings (SSSR count). The van der Waals surface area contributed by atoms with Gasteiger partial charge in [0.1, 0.15) is 0 Å². The number of hydrogen-bond acceptors (Lipinski definition) is 3. The first-order valence-corrected chi connectivity index (χ1v) is 6.33. The molecule has 1 aromatic rings. The summed E-state index contributed by atoms with van der Waals surface area (Å²) in [5, 5.41) is 3.36. The van der Waals surface area contributed by atoms with E-state index in [2.05, 4.69) is 19.2 Å². The number of nitrogens with one attached hydrogen (secondary N) is 1. The fraction of sp³-hybridized carbons (Fsp3) is 0.500. The van der Waals surface area contributed by atoms with Gasteiger partial charge in [-0.1, -0.05) is 13.3 Å². The zero-order chi connectivity index (χ0) is 13.7. The van der Waals surface area contributed by atoms with Gasteiger partial charge < -0.3 is 16.0 Å². The highest BCUT2D eigenvalue weighted by molar-refractivity contribution is 5.95. The molecule has 1 atom stereocenters. The maximum Gasteiger partial charge on any atom is 0.253 e. The maximum absolute atomic E-state index is 11.8. The molecule has 0 saturated heterocycles. The lowest BCUT2D eigenvalue weighted by molar-refractivity contribution is 0.0827. The molecule has 0 aromatic heterocycles. The van der Waals surface area contributed by atoms with E-state index in [1.54, 1.807) is 31.1 Å².